The summed E-state index contributed by atoms with van der Waals surface area (Å²) in [5.74, 6) is 0. The van der Waals surface area contributed by atoms with Gasteiger partial charge in [0.15, 0.2) is 0 Å². The van der Waals surface area contributed by atoms with Crippen LogP contribution >= 0.6 is 31.9 Å². The first kappa shape index (κ1) is 9.33. The fourth-order valence-corrected chi connectivity index (χ4v) is 2.53. The van der Waals surface area contributed by atoms with Crippen molar-refractivity contribution in [2.75, 3.05) is 0 Å². The second-order valence-electron chi connectivity index (χ2n) is 2.22. The molecular formula is C8H7BBr2. The fourth-order valence-electron chi connectivity index (χ4n) is 0.944. The lowest BCUT2D eigenvalue weighted by molar-refractivity contribution is 1.26. The van der Waals surface area contributed by atoms with Gasteiger partial charge < -0.3 is 0 Å². The van der Waals surface area contributed by atoms with E-state index in [2.05, 4.69) is 31.9 Å². The molecule has 0 bridgehead atoms. The zero-order chi connectivity index (χ0) is 8.27. The molecule has 0 amide bonds. The van der Waals surface area contributed by atoms with E-state index in [1.807, 2.05) is 18.2 Å². The minimum atomic E-state index is 0.598. The van der Waals surface area contributed by atoms with Crippen LogP contribution in [-0.4, -0.2) is 7.85 Å². The van der Waals surface area contributed by atoms with Crippen molar-refractivity contribution in [3.63, 3.8) is 0 Å². The Hall–Kier alpha value is 0.245. The van der Waals surface area contributed by atoms with E-state index in [1.165, 1.54) is 11.1 Å². The first-order valence-corrected chi connectivity index (χ1v) is 5.23. The highest BCUT2D eigenvalue weighted by molar-refractivity contribution is 9.10. The topological polar surface area (TPSA) is 0 Å². The Morgan fingerprint density at radius 1 is 1.36 bits per heavy atom. The molecule has 0 atom stereocenters. The average Bonchev–Trinajstić information content (AvgIpc) is 2.04. The summed E-state index contributed by atoms with van der Waals surface area (Å²) in [5.41, 5.74) is 2.44. The van der Waals surface area contributed by atoms with Crippen LogP contribution in [0.4, 0.5) is 0 Å². The second kappa shape index (κ2) is 4.32. The van der Waals surface area contributed by atoms with Crippen LogP contribution in [0.25, 0.3) is 0 Å². The lowest BCUT2D eigenvalue weighted by Crippen LogP contribution is -1.91. The van der Waals surface area contributed by atoms with Crippen LogP contribution in [0.1, 0.15) is 11.1 Å². The number of hydrogen-bond donors (Lipinski definition) is 0. The van der Waals surface area contributed by atoms with Crippen molar-refractivity contribution in [1.29, 1.82) is 0 Å². The summed E-state index contributed by atoms with van der Waals surface area (Å²) in [4.78, 5) is 0. The zero-order valence-corrected chi connectivity index (χ0v) is 9.15. The van der Waals surface area contributed by atoms with Gasteiger partial charge in [-0.3, -0.25) is 0 Å². The zero-order valence-electron chi connectivity index (χ0n) is 5.98. The van der Waals surface area contributed by atoms with Crippen LogP contribution in [0.2, 0.25) is 0 Å². The average molecular weight is 274 g/mol. The maximum atomic E-state index is 5.55. The third-order valence-corrected chi connectivity index (χ3v) is 2.87. The summed E-state index contributed by atoms with van der Waals surface area (Å²) >= 11 is 6.88. The predicted molar refractivity (Wildman–Crippen MR) is 56.2 cm³/mol. The Morgan fingerprint density at radius 2 is 2.09 bits per heavy atom. The number of hydrogen-bond acceptors (Lipinski definition) is 0. The largest absolute Gasteiger partial charge is 0.0876 e. The number of halogens is 2. The van der Waals surface area contributed by atoms with E-state index < -0.39 is 0 Å². The fraction of sp³-hybridized carbons (Fsp3) is 0.250. The molecule has 2 radical (unpaired) electrons. The highest BCUT2D eigenvalue weighted by Crippen LogP contribution is 2.22. The molecule has 0 aliphatic heterocycles. The quantitative estimate of drug-likeness (QED) is 0.574. The van der Waals surface area contributed by atoms with E-state index >= 15 is 0 Å². The van der Waals surface area contributed by atoms with Crippen LogP contribution in [0.3, 0.4) is 0 Å². The number of alkyl halides is 1. The van der Waals surface area contributed by atoms with E-state index in [1.54, 1.807) is 0 Å². The summed E-state index contributed by atoms with van der Waals surface area (Å²) in [7, 11) is 5.55. The Kier molecular flexibility index (Phi) is 3.66. The Balaban J connectivity index is 3.13. The standard InChI is InChI=1S/C8H7BBr2/c9-4-6-2-1-3-8(11)7(6)5-10/h1-3H,4-5H2. The number of benzene rings is 1. The highest BCUT2D eigenvalue weighted by Gasteiger charge is 2.01. The SMILES string of the molecule is [B]Cc1cccc(Br)c1CBr. The normalized spacial score (nSPS) is 10.0. The van der Waals surface area contributed by atoms with E-state index in [0.29, 0.717) is 6.32 Å². The lowest BCUT2D eigenvalue weighted by atomic mass is 9.94. The minimum absolute atomic E-state index is 0.598. The molecule has 1 aromatic carbocycles. The molecule has 0 aliphatic carbocycles. The third kappa shape index (κ3) is 2.09. The Labute approximate surface area is 85.0 Å². The molecule has 0 aliphatic rings. The van der Waals surface area contributed by atoms with Crippen molar-refractivity contribution < 1.29 is 0 Å². The summed E-state index contributed by atoms with van der Waals surface area (Å²) in [5, 5.41) is 0.848. The van der Waals surface area contributed by atoms with Crippen LogP contribution in [-0.2, 0) is 11.7 Å². The second-order valence-corrected chi connectivity index (χ2v) is 3.63. The van der Waals surface area contributed by atoms with Gasteiger partial charge in [-0.05, 0) is 11.6 Å². The molecule has 0 unspecified atom stereocenters. The van der Waals surface area contributed by atoms with Crippen molar-refractivity contribution in [3.05, 3.63) is 33.8 Å². The van der Waals surface area contributed by atoms with Gasteiger partial charge in [0, 0.05) is 9.80 Å². The molecule has 1 aromatic rings. The molecule has 0 heterocycles. The van der Waals surface area contributed by atoms with Crippen molar-refractivity contribution in [2.24, 2.45) is 0 Å². The molecule has 0 spiro atoms. The van der Waals surface area contributed by atoms with Crippen LogP contribution in [0.5, 0.6) is 0 Å². The molecule has 0 saturated carbocycles. The van der Waals surface area contributed by atoms with E-state index in [9.17, 15) is 0 Å². The summed E-state index contributed by atoms with van der Waals surface area (Å²) in [6.07, 6.45) is 0.598. The van der Waals surface area contributed by atoms with Gasteiger partial charge in [0.25, 0.3) is 0 Å². The summed E-state index contributed by atoms with van der Waals surface area (Å²) in [6.45, 7) is 0. The van der Waals surface area contributed by atoms with Crippen molar-refractivity contribution in [1.82, 2.24) is 0 Å². The van der Waals surface area contributed by atoms with Crippen LogP contribution in [0.15, 0.2) is 22.7 Å². The van der Waals surface area contributed by atoms with Gasteiger partial charge in [-0.15, -0.1) is 0 Å². The molecule has 0 aromatic heterocycles. The first-order valence-electron chi connectivity index (χ1n) is 3.32. The van der Waals surface area contributed by atoms with Gasteiger partial charge in [-0.1, -0.05) is 55.9 Å². The first-order chi connectivity index (χ1) is 5.29. The van der Waals surface area contributed by atoms with Gasteiger partial charge in [-0.25, -0.2) is 0 Å². The van der Waals surface area contributed by atoms with Crippen molar-refractivity contribution in [3.8, 4) is 0 Å². The van der Waals surface area contributed by atoms with E-state index in [4.69, 9.17) is 7.85 Å². The third-order valence-electron chi connectivity index (χ3n) is 1.57. The van der Waals surface area contributed by atoms with Crippen LogP contribution < -0.4 is 0 Å². The van der Waals surface area contributed by atoms with Gasteiger partial charge in [0.2, 0.25) is 0 Å². The van der Waals surface area contributed by atoms with E-state index in [0.717, 1.165) is 9.80 Å². The predicted octanol–water partition coefficient (Wildman–Crippen LogP) is 3.01. The summed E-state index contributed by atoms with van der Waals surface area (Å²) < 4.78 is 1.12. The Morgan fingerprint density at radius 3 is 2.55 bits per heavy atom. The summed E-state index contributed by atoms with van der Waals surface area (Å²) in [6, 6.07) is 6.07. The molecule has 0 saturated heterocycles. The van der Waals surface area contributed by atoms with E-state index in [-0.39, 0.29) is 0 Å². The monoisotopic (exact) mass is 272 g/mol. The van der Waals surface area contributed by atoms with Crippen molar-refractivity contribution >= 4 is 39.7 Å². The lowest BCUT2D eigenvalue weighted by Gasteiger charge is -2.05. The van der Waals surface area contributed by atoms with Gasteiger partial charge >= 0.3 is 0 Å². The minimum Gasteiger partial charge on any atom is -0.0876 e. The highest BCUT2D eigenvalue weighted by atomic mass is 79.9. The Bertz CT molecular complexity index is 248. The molecule has 11 heavy (non-hydrogen) atoms. The molecule has 3 heteroatoms. The molecule has 0 fully saturated rings. The van der Waals surface area contributed by atoms with Crippen LogP contribution in [0, 0.1) is 0 Å². The number of rotatable bonds is 2. The van der Waals surface area contributed by atoms with Gasteiger partial charge in [-0.2, -0.15) is 0 Å². The molecule has 1 rings (SSSR count). The smallest absolute Gasteiger partial charge is 0.0716 e. The maximum Gasteiger partial charge on any atom is 0.0716 e. The van der Waals surface area contributed by atoms with Crippen molar-refractivity contribution in [2.45, 2.75) is 11.7 Å². The molecule has 56 valence electrons. The molecule has 0 nitrogen and oxygen atoms in total. The molecular weight excluding hydrogens is 267 g/mol. The van der Waals surface area contributed by atoms with Gasteiger partial charge in [0.1, 0.15) is 0 Å². The van der Waals surface area contributed by atoms with Gasteiger partial charge in [0.05, 0.1) is 7.85 Å². The maximum absolute atomic E-state index is 5.55. The molecule has 0 N–H and O–H groups in total.